The Kier molecular flexibility index (Phi) is 9.08. The van der Waals surface area contributed by atoms with Crippen molar-refractivity contribution in [3.63, 3.8) is 0 Å². The molecule has 38 heavy (non-hydrogen) atoms. The Morgan fingerprint density at radius 2 is 1.63 bits per heavy atom. The van der Waals surface area contributed by atoms with Crippen molar-refractivity contribution in [1.29, 1.82) is 0 Å². The summed E-state index contributed by atoms with van der Waals surface area (Å²) in [6.45, 7) is 7.44. The Balaban J connectivity index is 1.44. The largest absolute Gasteiger partial charge is 0.352 e. The summed E-state index contributed by atoms with van der Waals surface area (Å²) in [5.74, 6) is -0.165. The Morgan fingerprint density at radius 1 is 0.947 bits per heavy atom. The summed E-state index contributed by atoms with van der Waals surface area (Å²) in [5, 5.41) is 2.89. The zero-order valence-electron chi connectivity index (χ0n) is 23.1. The fourth-order valence-corrected chi connectivity index (χ4v) is 5.70. The maximum Gasteiger partial charge on any atom is 0.253 e. The van der Waals surface area contributed by atoms with E-state index in [-0.39, 0.29) is 30.3 Å². The van der Waals surface area contributed by atoms with E-state index in [2.05, 4.69) is 29.3 Å². The molecule has 1 N–H and O–H groups in total. The van der Waals surface area contributed by atoms with Crippen LogP contribution in [-0.4, -0.2) is 65.4 Å². The van der Waals surface area contributed by atoms with Gasteiger partial charge in [-0.3, -0.25) is 14.4 Å². The molecule has 2 saturated heterocycles. The first kappa shape index (κ1) is 27.7. The van der Waals surface area contributed by atoms with Gasteiger partial charge in [0.25, 0.3) is 11.8 Å². The fourth-order valence-electron chi connectivity index (χ4n) is 5.70. The number of piperidine rings is 1. The van der Waals surface area contributed by atoms with Gasteiger partial charge in [0.05, 0.1) is 6.67 Å². The molecule has 3 amide bonds. The number of aryl methyl sites for hydroxylation is 1. The SMILES string of the molecule is CCCCCCc1ccc(C(=O)N2CCC3(CC2)C(=O)N(CC(=O)NC(C)C)CN3c2ccccc2)cc1. The second-order valence-electron chi connectivity index (χ2n) is 11.0. The minimum atomic E-state index is -0.751. The Morgan fingerprint density at radius 3 is 2.26 bits per heavy atom. The van der Waals surface area contributed by atoms with Crippen LogP contribution in [0.25, 0.3) is 0 Å². The number of carbonyl (C=O) groups excluding carboxylic acids is 3. The molecule has 4 rings (SSSR count). The second kappa shape index (κ2) is 12.5. The molecule has 1 spiro atoms. The van der Waals surface area contributed by atoms with Crippen LogP contribution in [0, 0.1) is 0 Å². The van der Waals surface area contributed by atoms with Crippen molar-refractivity contribution in [2.24, 2.45) is 0 Å². The lowest BCUT2D eigenvalue weighted by Gasteiger charge is -2.43. The zero-order valence-corrected chi connectivity index (χ0v) is 23.1. The summed E-state index contributed by atoms with van der Waals surface area (Å²) in [7, 11) is 0. The minimum absolute atomic E-state index is 0.0160. The van der Waals surface area contributed by atoms with Gasteiger partial charge in [-0.1, -0.05) is 56.5 Å². The van der Waals surface area contributed by atoms with Gasteiger partial charge in [0.1, 0.15) is 12.1 Å². The maximum absolute atomic E-state index is 13.8. The van der Waals surface area contributed by atoms with Crippen molar-refractivity contribution in [3.8, 4) is 0 Å². The third kappa shape index (κ3) is 6.20. The number of hydrogen-bond acceptors (Lipinski definition) is 4. The number of nitrogens with one attached hydrogen (secondary N) is 1. The normalized spacial score (nSPS) is 16.9. The van der Waals surface area contributed by atoms with E-state index in [1.165, 1.54) is 31.2 Å². The molecule has 7 nitrogen and oxygen atoms in total. The molecule has 2 aliphatic rings. The summed E-state index contributed by atoms with van der Waals surface area (Å²) in [6, 6.07) is 17.9. The predicted molar refractivity (Wildman–Crippen MR) is 151 cm³/mol. The highest BCUT2D eigenvalue weighted by Crippen LogP contribution is 2.39. The quantitative estimate of drug-likeness (QED) is 0.466. The van der Waals surface area contributed by atoms with Crippen LogP contribution in [-0.2, 0) is 16.0 Å². The van der Waals surface area contributed by atoms with Gasteiger partial charge in [-0.15, -0.1) is 0 Å². The van der Waals surface area contributed by atoms with Gasteiger partial charge in [-0.25, -0.2) is 0 Å². The van der Waals surface area contributed by atoms with Gasteiger partial charge in [0.15, 0.2) is 0 Å². The van der Waals surface area contributed by atoms with Crippen molar-refractivity contribution in [2.75, 3.05) is 31.2 Å². The van der Waals surface area contributed by atoms with Gasteiger partial charge in [-0.05, 0) is 69.4 Å². The molecule has 0 atom stereocenters. The summed E-state index contributed by atoms with van der Waals surface area (Å²) >= 11 is 0. The highest BCUT2D eigenvalue weighted by atomic mass is 16.2. The number of nitrogens with zero attached hydrogens (tertiary/aromatic N) is 3. The predicted octanol–water partition coefficient (Wildman–Crippen LogP) is 4.62. The topological polar surface area (TPSA) is 73.0 Å². The van der Waals surface area contributed by atoms with Crippen molar-refractivity contribution in [2.45, 2.75) is 77.3 Å². The number of likely N-dealkylation sites (tertiary alicyclic amines) is 1. The summed E-state index contributed by atoms with van der Waals surface area (Å²) in [5.41, 5.74) is 2.18. The van der Waals surface area contributed by atoms with E-state index >= 15 is 0 Å². The van der Waals surface area contributed by atoms with Crippen LogP contribution in [0.5, 0.6) is 0 Å². The summed E-state index contributed by atoms with van der Waals surface area (Å²) in [4.78, 5) is 45.3. The van der Waals surface area contributed by atoms with Gasteiger partial charge in [0.2, 0.25) is 5.91 Å². The molecule has 0 aromatic heterocycles. The number of amides is 3. The van der Waals surface area contributed by atoms with Crippen LogP contribution in [0.15, 0.2) is 54.6 Å². The average Bonchev–Trinajstić information content (AvgIpc) is 3.17. The number of unbranched alkanes of at least 4 members (excludes halogenated alkanes) is 3. The zero-order chi connectivity index (χ0) is 27.1. The van der Waals surface area contributed by atoms with Crippen molar-refractivity contribution in [1.82, 2.24) is 15.1 Å². The highest BCUT2D eigenvalue weighted by molar-refractivity contribution is 5.97. The molecule has 2 aromatic carbocycles. The number of para-hydroxylation sites is 1. The molecule has 7 heteroatoms. The van der Waals surface area contributed by atoms with Crippen molar-refractivity contribution >= 4 is 23.4 Å². The van der Waals surface area contributed by atoms with Crippen molar-refractivity contribution < 1.29 is 14.4 Å². The lowest BCUT2D eigenvalue weighted by molar-refractivity contribution is -0.137. The van der Waals surface area contributed by atoms with Crippen LogP contribution in [0.3, 0.4) is 0 Å². The van der Waals surface area contributed by atoms with Crippen LogP contribution in [0.2, 0.25) is 0 Å². The van der Waals surface area contributed by atoms with E-state index in [1.54, 1.807) is 4.90 Å². The third-order valence-corrected chi connectivity index (χ3v) is 7.76. The Labute approximate surface area is 227 Å². The number of carbonyl (C=O) groups is 3. The second-order valence-corrected chi connectivity index (χ2v) is 11.0. The van der Waals surface area contributed by atoms with Gasteiger partial charge in [-0.2, -0.15) is 0 Å². The first-order valence-corrected chi connectivity index (χ1v) is 14.1. The molecular formula is C31H42N4O3. The first-order valence-electron chi connectivity index (χ1n) is 14.1. The van der Waals surface area contributed by atoms with Crippen LogP contribution < -0.4 is 10.2 Å². The molecule has 2 heterocycles. The number of benzene rings is 2. The van der Waals surface area contributed by atoms with Crippen LogP contribution in [0.1, 0.15) is 75.2 Å². The molecule has 2 aromatic rings. The van der Waals surface area contributed by atoms with E-state index in [0.717, 1.165) is 12.1 Å². The molecule has 2 aliphatic heterocycles. The van der Waals surface area contributed by atoms with Gasteiger partial charge < -0.3 is 20.0 Å². The molecule has 0 aliphatic carbocycles. The standard InChI is InChI=1S/C31H42N4O3/c1-4-5-6-8-11-25-14-16-26(17-15-25)29(37)33-20-18-31(19-21-33)30(38)34(22-28(36)32-24(2)3)23-35(31)27-12-9-7-10-13-27/h7,9-10,12-17,24H,4-6,8,11,18-23H2,1-3H3,(H,32,36). The Hall–Kier alpha value is -3.35. The Bertz CT molecular complexity index is 1090. The van der Waals surface area contributed by atoms with Gasteiger partial charge in [0, 0.05) is 30.4 Å². The molecule has 204 valence electrons. The monoisotopic (exact) mass is 518 g/mol. The minimum Gasteiger partial charge on any atom is -0.352 e. The van der Waals surface area contributed by atoms with Crippen LogP contribution in [0.4, 0.5) is 5.69 Å². The summed E-state index contributed by atoms with van der Waals surface area (Å²) in [6.07, 6.45) is 7.02. The van der Waals surface area contributed by atoms with E-state index in [1.807, 2.05) is 61.2 Å². The summed E-state index contributed by atoms with van der Waals surface area (Å²) < 4.78 is 0. The maximum atomic E-state index is 13.8. The number of rotatable bonds is 10. The van der Waals surface area contributed by atoms with Gasteiger partial charge >= 0.3 is 0 Å². The van der Waals surface area contributed by atoms with Crippen LogP contribution >= 0.6 is 0 Å². The fraction of sp³-hybridized carbons (Fsp3) is 0.516. The molecule has 0 bridgehead atoms. The van der Waals surface area contributed by atoms with E-state index in [9.17, 15) is 14.4 Å². The van der Waals surface area contributed by atoms with E-state index in [4.69, 9.17) is 0 Å². The number of hydrogen-bond donors (Lipinski definition) is 1. The molecular weight excluding hydrogens is 476 g/mol. The molecule has 0 radical (unpaired) electrons. The lowest BCUT2D eigenvalue weighted by Crippen LogP contribution is -2.57. The smallest absolute Gasteiger partial charge is 0.253 e. The molecule has 0 unspecified atom stereocenters. The molecule has 0 saturated carbocycles. The lowest BCUT2D eigenvalue weighted by atomic mass is 9.85. The average molecular weight is 519 g/mol. The molecule has 2 fully saturated rings. The number of anilines is 1. The van der Waals surface area contributed by atoms with Crippen molar-refractivity contribution in [3.05, 3.63) is 65.7 Å². The third-order valence-electron chi connectivity index (χ3n) is 7.76. The van der Waals surface area contributed by atoms with E-state index in [0.29, 0.717) is 38.2 Å². The highest BCUT2D eigenvalue weighted by Gasteiger charge is 2.54. The van der Waals surface area contributed by atoms with E-state index < -0.39 is 5.54 Å². The first-order chi connectivity index (χ1) is 18.3.